The van der Waals surface area contributed by atoms with Crippen LogP contribution in [0, 0.1) is 0 Å². The molecule has 0 rings (SSSR count). The number of alkyl carbamates (subject to hydrolysis) is 1. The summed E-state index contributed by atoms with van der Waals surface area (Å²) in [5.41, 5.74) is 9.33. The van der Waals surface area contributed by atoms with E-state index in [0.29, 0.717) is 58.4 Å². The number of carbonyl (C=O) groups is 5. The minimum absolute atomic E-state index is 0.0666. The van der Waals surface area contributed by atoms with E-state index in [-0.39, 0.29) is 37.2 Å². The third kappa shape index (κ3) is 31.9. The van der Waals surface area contributed by atoms with Gasteiger partial charge in [0.25, 0.3) is 5.97 Å². The van der Waals surface area contributed by atoms with Crippen molar-refractivity contribution < 1.29 is 43.7 Å². The smallest absolute Gasteiger partial charge is 0.410 e. The fraction of sp³-hybridized carbons (Fsp3) is 0.806. The predicted octanol–water partition coefficient (Wildman–Crippen LogP) is 2.22. The van der Waals surface area contributed by atoms with Crippen molar-refractivity contribution in [2.45, 2.75) is 123 Å². The summed E-state index contributed by atoms with van der Waals surface area (Å²) in [5.74, 6) is -1.37. The maximum atomic E-state index is 12.7. The van der Waals surface area contributed by atoms with Gasteiger partial charge in [-0.25, -0.2) is 9.59 Å². The number of carboxylic acid groups (broad SMARTS) is 1. The molecule has 0 saturated heterocycles. The number of carboxylic acids is 1. The number of nitrogens with zero attached hydrogens (tertiary/aromatic N) is 2. The molecule has 0 saturated carbocycles. The first-order valence-corrected chi connectivity index (χ1v) is 16.1. The van der Waals surface area contributed by atoms with Crippen molar-refractivity contribution in [2.75, 3.05) is 39.3 Å². The zero-order valence-corrected chi connectivity index (χ0v) is 29.5. The second-order valence-corrected chi connectivity index (χ2v) is 12.9. The van der Waals surface area contributed by atoms with Gasteiger partial charge < -0.3 is 52.0 Å². The summed E-state index contributed by atoms with van der Waals surface area (Å²) in [7, 11) is 0. The van der Waals surface area contributed by atoms with Gasteiger partial charge in [0.15, 0.2) is 5.96 Å². The number of unbranched alkanes of at least 4 members (excludes halogenated alkanes) is 4. The number of amides is 4. The van der Waals surface area contributed by atoms with Crippen molar-refractivity contribution in [1.29, 1.82) is 0 Å². The summed E-state index contributed by atoms with van der Waals surface area (Å²) in [6.07, 6.45) is 4.35. The largest absolute Gasteiger partial charge is 0.481 e. The molecule has 1 unspecified atom stereocenters. The highest BCUT2D eigenvalue weighted by molar-refractivity contribution is 5.87. The molecule has 47 heavy (non-hydrogen) atoms. The van der Waals surface area contributed by atoms with Gasteiger partial charge in [-0.05, 0) is 80.1 Å². The van der Waals surface area contributed by atoms with Crippen molar-refractivity contribution >= 4 is 35.9 Å². The Kier molecular flexibility index (Phi) is 24.4. The average Bonchev–Trinajstić information content (AvgIpc) is 2.90. The molecule has 0 aliphatic heterocycles. The van der Waals surface area contributed by atoms with Gasteiger partial charge in [-0.1, -0.05) is 12.8 Å². The molecular weight excluding hydrogens is 614 g/mol. The Morgan fingerprint density at radius 3 is 1.91 bits per heavy atom. The van der Waals surface area contributed by atoms with Crippen molar-refractivity contribution in [1.82, 2.24) is 20.9 Å². The number of hydrogen-bond acceptors (Lipinski definition) is 9. The van der Waals surface area contributed by atoms with E-state index in [1.54, 1.807) is 46.4 Å². The lowest BCUT2D eigenvalue weighted by molar-refractivity contribution is -0.134. The molecule has 0 bridgehead atoms. The van der Waals surface area contributed by atoms with E-state index in [2.05, 4.69) is 20.9 Å². The zero-order valence-electron chi connectivity index (χ0n) is 29.5. The van der Waals surface area contributed by atoms with Crippen LogP contribution in [0.2, 0.25) is 0 Å². The average molecular weight is 676 g/mol. The summed E-state index contributed by atoms with van der Waals surface area (Å²) in [6.45, 7) is 13.6. The number of nitrogens with one attached hydrogen (secondary N) is 3. The minimum Gasteiger partial charge on any atom is -0.481 e. The van der Waals surface area contributed by atoms with Crippen LogP contribution >= 0.6 is 0 Å². The summed E-state index contributed by atoms with van der Waals surface area (Å²) in [5, 5.41) is 25.0. The third-order valence-corrected chi connectivity index (χ3v) is 5.75. The molecule has 4 amide bonds. The molecule has 1 atom stereocenters. The van der Waals surface area contributed by atoms with Gasteiger partial charge in [0.1, 0.15) is 17.2 Å². The molecule has 9 N–H and O–H groups in total. The van der Waals surface area contributed by atoms with Crippen LogP contribution in [0.25, 0.3) is 0 Å². The van der Waals surface area contributed by atoms with Gasteiger partial charge >= 0.3 is 12.2 Å². The number of aliphatic hydroxyl groups excluding tert-OH is 1. The third-order valence-electron chi connectivity index (χ3n) is 5.75. The Bertz CT molecular complexity index is 956. The van der Waals surface area contributed by atoms with Gasteiger partial charge in [0, 0.05) is 52.7 Å². The first-order chi connectivity index (χ1) is 21.8. The molecule has 0 aliphatic rings. The fourth-order valence-corrected chi connectivity index (χ4v) is 3.78. The summed E-state index contributed by atoms with van der Waals surface area (Å²) in [4.78, 5) is 64.1. The number of aliphatic imine (C=N–C) groups is 1. The standard InChI is InChI=1S/C29H57N7O7.C2H4O2/c1-28(2,3)42-26(40)34-18-13-20-36(27(41)43-29(4,5)6)19-12-11-16-32-24(39)22(15-21-37)35-23(38)14-9-7-8-10-17-33-25(30)31;1-2(3)4/h22,37H,7-21H2,1-6H3,(H,32,39)(H,34,40)(H,35,38)(H4,30,31,33);1H3,(H,3,4). The van der Waals surface area contributed by atoms with Crippen molar-refractivity contribution in [3.63, 3.8) is 0 Å². The van der Waals surface area contributed by atoms with Crippen LogP contribution in [0.4, 0.5) is 9.59 Å². The minimum atomic E-state index is -0.833. The summed E-state index contributed by atoms with van der Waals surface area (Å²) in [6, 6.07) is -0.824. The van der Waals surface area contributed by atoms with Crippen LogP contribution in [0.1, 0.15) is 106 Å². The monoisotopic (exact) mass is 675 g/mol. The Hall–Kier alpha value is -3.82. The molecule has 0 aromatic rings. The molecular formula is C31H61N7O9. The van der Waals surface area contributed by atoms with Gasteiger partial charge in [0.05, 0.1) is 0 Å². The molecule has 0 aliphatic carbocycles. The molecule has 16 nitrogen and oxygen atoms in total. The van der Waals surface area contributed by atoms with Gasteiger partial charge in [-0.2, -0.15) is 0 Å². The topological polar surface area (TPSA) is 248 Å². The second-order valence-electron chi connectivity index (χ2n) is 12.9. The van der Waals surface area contributed by atoms with Gasteiger partial charge in [0.2, 0.25) is 11.8 Å². The first-order valence-electron chi connectivity index (χ1n) is 16.1. The molecule has 0 heterocycles. The summed E-state index contributed by atoms with van der Waals surface area (Å²) < 4.78 is 10.7. The van der Waals surface area contributed by atoms with E-state index in [0.717, 1.165) is 26.2 Å². The van der Waals surface area contributed by atoms with Crippen molar-refractivity contribution in [3.05, 3.63) is 0 Å². The number of rotatable bonds is 20. The van der Waals surface area contributed by atoms with Crippen LogP contribution in [0.5, 0.6) is 0 Å². The maximum absolute atomic E-state index is 12.7. The van der Waals surface area contributed by atoms with Crippen LogP contribution < -0.4 is 27.4 Å². The molecule has 0 aromatic carbocycles. The second kappa shape index (κ2) is 25.3. The number of aliphatic hydroxyl groups is 1. The predicted molar refractivity (Wildman–Crippen MR) is 180 cm³/mol. The Morgan fingerprint density at radius 1 is 0.809 bits per heavy atom. The Labute approximate surface area is 279 Å². The first kappa shape index (κ1) is 45.3. The highest BCUT2D eigenvalue weighted by atomic mass is 16.6. The Balaban J connectivity index is 0. The number of hydrogen-bond donors (Lipinski definition) is 7. The van der Waals surface area contributed by atoms with Crippen LogP contribution in [-0.2, 0) is 23.9 Å². The van der Waals surface area contributed by atoms with Crippen LogP contribution in [0.15, 0.2) is 4.99 Å². The lowest BCUT2D eigenvalue weighted by Crippen LogP contribution is -2.47. The Morgan fingerprint density at radius 2 is 1.36 bits per heavy atom. The maximum Gasteiger partial charge on any atom is 0.410 e. The fourth-order valence-electron chi connectivity index (χ4n) is 3.78. The van der Waals surface area contributed by atoms with E-state index in [4.69, 9.17) is 30.8 Å². The quantitative estimate of drug-likeness (QED) is 0.0560. The van der Waals surface area contributed by atoms with Crippen LogP contribution in [0.3, 0.4) is 0 Å². The highest BCUT2D eigenvalue weighted by Gasteiger charge is 2.23. The molecule has 0 aromatic heterocycles. The normalized spacial score (nSPS) is 11.6. The number of nitrogens with two attached hydrogens (primary N) is 2. The van der Waals surface area contributed by atoms with E-state index in [9.17, 15) is 24.3 Å². The molecule has 0 fully saturated rings. The zero-order chi connectivity index (χ0) is 36.5. The van der Waals surface area contributed by atoms with Crippen LogP contribution in [-0.4, -0.2) is 108 Å². The number of ether oxygens (including phenoxy) is 2. The van der Waals surface area contributed by atoms with E-state index < -0.39 is 35.4 Å². The van der Waals surface area contributed by atoms with Gasteiger partial charge in [-0.15, -0.1) is 0 Å². The number of guanidine groups is 1. The van der Waals surface area contributed by atoms with Crippen molar-refractivity contribution in [2.24, 2.45) is 16.5 Å². The SMILES string of the molecule is CC(=O)O.CC(C)(C)OC(=O)NCCCN(CCCCNC(=O)C(CCO)NC(=O)CCCCCCN=C(N)N)C(=O)OC(C)(C)C. The number of carbonyl (C=O) groups excluding carboxylic acids is 4. The van der Waals surface area contributed by atoms with Gasteiger partial charge in [-0.3, -0.25) is 19.4 Å². The molecule has 16 heteroatoms. The lowest BCUT2D eigenvalue weighted by atomic mass is 10.1. The highest BCUT2D eigenvalue weighted by Crippen LogP contribution is 2.11. The number of aliphatic carboxylic acids is 1. The van der Waals surface area contributed by atoms with E-state index >= 15 is 0 Å². The molecule has 0 radical (unpaired) electrons. The molecule has 274 valence electrons. The lowest BCUT2D eigenvalue weighted by Gasteiger charge is -2.27. The molecule has 0 spiro atoms. The van der Waals surface area contributed by atoms with E-state index in [1.807, 2.05) is 0 Å². The van der Waals surface area contributed by atoms with Crippen molar-refractivity contribution in [3.8, 4) is 0 Å². The van der Waals surface area contributed by atoms with E-state index in [1.165, 1.54) is 0 Å². The summed E-state index contributed by atoms with van der Waals surface area (Å²) >= 11 is 0.